The van der Waals surface area contributed by atoms with Crippen LogP contribution in [0.1, 0.15) is 21.8 Å². The van der Waals surface area contributed by atoms with Crippen LogP contribution in [0.15, 0.2) is 65.8 Å². The van der Waals surface area contributed by atoms with Crippen molar-refractivity contribution >= 4 is 49.0 Å². The zero-order valence-corrected chi connectivity index (χ0v) is 21.8. The minimum absolute atomic E-state index is 0.0505. The smallest absolute Gasteiger partial charge is 0.264 e. The Morgan fingerprint density at radius 1 is 0.833 bits per heavy atom. The van der Waals surface area contributed by atoms with Crippen LogP contribution in [-0.2, 0) is 10.0 Å². The zero-order valence-electron chi connectivity index (χ0n) is 20.2. The fraction of sp³-hybridized carbons (Fsp3) is 0.154. The molecule has 0 fully saturated rings. The molecule has 182 valence electrons. The van der Waals surface area contributed by atoms with Gasteiger partial charge in [0.05, 0.1) is 10.3 Å². The van der Waals surface area contributed by atoms with Crippen molar-refractivity contribution in [3.05, 3.63) is 82.8 Å². The van der Waals surface area contributed by atoms with E-state index in [0.29, 0.717) is 22.9 Å². The fourth-order valence-electron chi connectivity index (χ4n) is 4.01. The van der Waals surface area contributed by atoms with Gasteiger partial charge in [-0.15, -0.1) is 11.3 Å². The molecule has 8 nitrogen and oxygen atoms in total. The Morgan fingerprint density at radius 3 is 2.17 bits per heavy atom. The molecule has 0 aliphatic carbocycles. The van der Waals surface area contributed by atoms with Crippen molar-refractivity contribution in [2.45, 2.75) is 32.6 Å². The molecule has 0 atom stereocenters. The number of anilines is 3. The molecule has 5 rings (SSSR count). The van der Waals surface area contributed by atoms with Gasteiger partial charge >= 0.3 is 0 Å². The van der Waals surface area contributed by atoms with E-state index >= 15 is 0 Å². The molecular weight excluding hydrogens is 492 g/mol. The van der Waals surface area contributed by atoms with Crippen molar-refractivity contribution < 1.29 is 8.42 Å². The molecule has 10 heteroatoms. The Hall–Kier alpha value is -3.89. The first-order chi connectivity index (χ1) is 17.2. The highest BCUT2D eigenvalue weighted by Crippen LogP contribution is 2.41. The van der Waals surface area contributed by atoms with Gasteiger partial charge < -0.3 is 5.32 Å². The third-order valence-electron chi connectivity index (χ3n) is 5.64. The van der Waals surface area contributed by atoms with Gasteiger partial charge in [0, 0.05) is 27.5 Å². The van der Waals surface area contributed by atoms with Crippen molar-refractivity contribution in [3.8, 4) is 11.1 Å². The second kappa shape index (κ2) is 9.29. The number of hydrogen-bond donors (Lipinski definition) is 2. The lowest BCUT2D eigenvalue weighted by Crippen LogP contribution is -2.15. The van der Waals surface area contributed by atoms with Gasteiger partial charge in [-0.05, 0) is 63.6 Å². The van der Waals surface area contributed by atoms with Crippen molar-refractivity contribution in [1.82, 2.24) is 19.9 Å². The second-order valence-electron chi connectivity index (χ2n) is 8.53. The van der Waals surface area contributed by atoms with Crippen LogP contribution in [0.25, 0.3) is 21.3 Å². The van der Waals surface area contributed by atoms with Crippen molar-refractivity contribution in [2.24, 2.45) is 0 Å². The first kappa shape index (κ1) is 23.8. The van der Waals surface area contributed by atoms with E-state index in [1.807, 2.05) is 0 Å². The third-order valence-corrected chi connectivity index (χ3v) is 8.00. The van der Waals surface area contributed by atoms with Crippen LogP contribution in [0.4, 0.5) is 17.5 Å². The summed E-state index contributed by atoms with van der Waals surface area (Å²) < 4.78 is 28.2. The Labute approximate surface area is 213 Å². The largest absolute Gasteiger partial charge is 0.340 e. The van der Waals surface area contributed by atoms with Crippen LogP contribution in [-0.4, -0.2) is 28.4 Å². The first-order valence-corrected chi connectivity index (χ1v) is 13.5. The summed E-state index contributed by atoms with van der Waals surface area (Å²) >= 11 is 1.62. The van der Waals surface area contributed by atoms with Gasteiger partial charge in [-0.25, -0.2) is 33.1 Å². The number of nitrogens with zero attached hydrogens (tertiary/aromatic N) is 4. The van der Waals surface area contributed by atoms with Gasteiger partial charge in [0.2, 0.25) is 5.95 Å². The molecule has 5 aromatic rings. The van der Waals surface area contributed by atoms with Gasteiger partial charge in [-0.2, -0.15) is 0 Å². The third kappa shape index (κ3) is 4.77. The molecule has 0 unspecified atom stereocenters. The van der Waals surface area contributed by atoms with Crippen LogP contribution in [0.2, 0.25) is 0 Å². The van der Waals surface area contributed by atoms with E-state index in [-0.39, 0.29) is 10.8 Å². The van der Waals surface area contributed by atoms with E-state index in [1.165, 1.54) is 24.0 Å². The van der Waals surface area contributed by atoms with E-state index in [4.69, 9.17) is 0 Å². The van der Waals surface area contributed by atoms with Crippen LogP contribution in [0.5, 0.6) is 0 Å². The molecule has 2 aromatic carbocycles. The number of aryl methyl sites for hydroxylation is 4. The highest BCUT2D eigenvalue weighted by atomic mass is 32.2. The van der Waals surface area contributed by atoms with E-state index in [2.05, 4.69) is 68.1 Å². The van der Waals surface area contributed by atoms with Gasteiger partial charge in [-0.3, -0.25) is 0 Å². The summed E-state index contributed by atoms with van der Waals surface area (Å²) in [6.07, 6.45) is 1.53. The predicted octanol–water partition coefficient (Wildman–Crippen LogP) is 5.93. The van der Waals surface area contributed by atoms with Gasteiger partial charge in [0.1, 0.15) is 17.0 Å². The van der Waals surface area contributed by atoms with Crippen molar-refractivity contribution in [2.75, 3.05) is 10.0 Å². The molecule has 0 bridgehead atoms. The summed E-state index contributed by atoms with van der Waals surface area (Å²) in [5, 5.41) is 4.28. The minimum Gasteiger partial charge on any atom is -0.340 e. The molecule has 0 saturated carbocycles. The van der Waals surface area contributed by atoms with Crippen LogP contribution < -0.4 is 10.0 Å². The standard InChI is InChI=1S/C26H24N6O2S2/c1-15-5-7-19(8-6-15)22-18(4)35-25-23(22)24(27-14-28-25)31-20-9-11-21(12-10-20)36(33,34)32-26-29-16(2)13-17(3)30-26/h5-14H,1-4H3,(H,27,28,31)(H,29,30,32). The van der Waals surface area contributed by atoms with E-state index in [0.717, 1.165) is 26.2 Å². The number of sulfonamides is 1. The molecule has 0 amide bonds. The summed E-state index contributed by atoms with van der Waals surface area (Å²) in [7, 11) is -3.84. The molecule has 36 heavy (non-hydrogen) atoms. The zero-order chi connectivity index (χ0) is 25.4. The number of rotatable bonds is 6. The molecule has 0 radical (unpaired) electrons. The summed E-state index contributed by atoms with van der Waals surface area (Å²) in [5.41, 5.74) is 5.46. The highest BCUT2D eigenvalue weighted by Gasteiger charge is 2.19. The molecule has 0 aliphatic heterocycles. The Balaban J connectivity index is 1.45. The molecule has 0 aliphatic rings. The van der Waals surface area contributed by atoms with Crippen molar-refractivity contribution in [1.29, 1.82) is 0 Å². The Bertz CT molecular complexity index is 1660. The molecule has 0 saturated heterocycles. The summed E-state index contributed by atoms with van der Waals surface area (Å²) in [5.74, 6) is 0.715. The molecule has 3 aromatic heterocycles. The fourth-order valence-corrected chi connectivity index (χ4v) is 5.97. The maximum atomic E-state index is 12.9. The van der Waals surface area contributed by atoms with Gasteiger partial charge in [0.15, 0.2) is 0 Å². The van der Waals surface area contributed by atoms with Crippen LogP contribution in [0, 0.1) is 27.7 Å². The number of thiophene rings is 1. The van der Waals surface area contributed by atoms with Crippen molar-refractivity contribution in [3.63, 3.8) is 0 Å². The van der Waals surface area contributed by atoms with Crippen LogP contribution >= 0.6 is 11.3 Å². The van der Waals surface area contributed by atoms with Gasteiger partial charge in [-0.1, -0.05) is 29.8 Å². The minimum atomic E-state index is -3.84. The SMILES string of the molecule is Cc1ccc(-c2c(C)sc3ncnc(Nc4ccc(S(=O)(=O)Nc5nc(C)cc(C)n5)cc4)c23)cc1. The van der Waals surface area contributed by atoms with E-state index in [1.54, 1.807) is 43.4 Å². The number of nitrogens with one attached hydrogen (secondary N) is 2. The van der Waals surface area contributed by atoms with E-state index < -0.39 is 10.0 Å². The molecule has 0 spiro atoms. The predicted molar refractivity (Wildman–Crippen MR) is 144 cm³/mol. The molecule has 2 N–H and O–H groups in total. The van der Waals surface area contributed by atoms with E-state index in [9.17, 15) is 8.42 Å². The lowest BCUT2D eigenvalue weighted by atomic mass is 10.0. The average Bonchev–Trinajstić information content (AvgIpc) is 3.16. The monoisotopic (exact) mass is 516 g/mol. The first-order valence-electron chi connectivity index (χ1n) is 11.2. The lowest BCUT2D eigenvalue weighted by Gasteiger charge is -2.11. The normalized spacial score (nSPS) is 11.6. The number of hydrogen-bond acceptors (Lipinski definition) is 8. The summed E-state index contributed by atoms with van der Waals surface area (Å²) in [6.45, 7) is 7.72. The Kier molecular flexibility index (Phi) is 6.15. The number of benzene rings is 2. The number of fused-ring (bicyclic) bond motifs is 1. The quantitative estimate of drug-likeness (QED) is 0.288. The van der Waals surface area contributed by atoms with Gasteiger partial charge in [0.25, 0.3) is 10.0 Å². The topological polar surface area (TPSA) is 110 Å². The van der Waals surface area contributed by atoms with Crippen LogP contribution in [0.3, 0.4) is 0 Å². The maximum Gasteiger partial charge on any atom is 0.264 e. The lowest BCUT2D eigenvalue weighted by molar-refractivity contribution is 0.601. The maximum absolute atomic E-state index is 12.9. The highest BCUT2D eigenvalue weighted by molar-refractivity contribution is 7.92. The second-order valence-corrected chi connectivity index (χ2v) is 11.4. The summed E-state index contributed by atoms with van der Waals surface area (Å²) in [6, 6.07) is 16.6. The molecule has 3 heterocycles. The summed E-state index contributed by atoms with van der Waals surface area (Å²) in [4.78, 5) is 19.4. The average molecular weight is 517 g/mol. The molecular formula is C26H24N6O2S2. The Morgan fingerprint density at radius 2 is 1.50 bits per heavy atom. The number of aromatic nitrogens is 4.